The van der Waals surface area contributed by atoms with Crippen LogP contribution in [0.4, 0.5) is 11.4 Å². The van der Waals surface area contributed by atoms with E-state index >= 15 is 0 Å². The number of hydrogen-bond acceptors (Lipinski definition) is 5. The fraction of sp³-hybridized carbons (Fsp3) is 0.350. The lowest BCUT2D eigenvalue weighted by atomic mass is 9.95. The minimum absolute atomic E-state index is 0.104. The third-order valence-electron chi connectivity index (χ3n) is 5.05. The summed E-state index contributed by atoms with van der Waals surface area (Å²) >= 11 is 12.5. The Kier molecular flexibility index (Phi) is 6.95. The summed E-state index contributed by atoms with van der Waals surface area (Å²) in [5.41, 5.74) is 1.09. The van der Waals surface area contributed by atoms with E-state index in [0.717, 1.165) is 18.7 Å². The van der Waals surface area contributed by atoms with Crippen molar-refractivity contribution < 1.29 is 14.5 Å². The van der Waals surface area contributed by atoms with E-state index in [4.69, 9.17) is 27.9 Å². The lowest BCUT2D eigenvalue weighted by molar-refractivity contribution is -0.384. The van der Waals surface area contributed by atoms with Crippen molar-refractivity contribution >= 4 is 40.5 Å². The Morgan fingerprint density at radius 2 is 1.90 bits per heavy atom. The smallest absolute Gasteiger partial charge is 0.271 e. The Labute approximate surface area is 178 Å². The van der Waals surface area contributed by atoms with E-state index in [1.165, 1.54) is 25.3 Å². The Bertz CT molecular complexity index is 894. The molecule has 29 heavy (non-hydrogen) atoms. The molecular weight excluding hydrogens is 417 g/mol. The molecular formula is C20H21Cl2N3O4. The summed E-state index contributed by atoms with van der Waals surface area (Å²) in [7, 11) is 1.45. The van der Waals surface area contributed by atoms with E-state index in [1.54, 1.807) is 0 Å². The number of halogens is 2. The highest BCUT2D eigenvalue weighted by molar-refractivity contribution is 6.35. The van der Waals surface area contributed by atoms with Gasteiger partial charge in [0.15, 0.2) is 0 Å². The van der Waals surface area contributed by atoms with Crippen LogP contribution in [-0.4, -0.2) is 35.9 Å². The number of likely N-dealkylation sites (tertiary alicyclic amines) is 1. The molecule has 1 aliphatic rings. The first-order chi connectivity index (χ1) is 13.9. The van der Waals surface area contributed by atoms with Crippen molar-refractivity contribution in [1.29, 1.82) is 0 Å². The van der Waals surface area contributed by atoms with E-state index in [2.05, 4.69) is 10.2 Å². The number of anilines is 1. The molecule has 1 aliphatic heterocycles. The molecule has 0 spiro atoms. The average Bonchev–Trinajstić information content (AvgIpc) is 2.71. The van der Waals surface area contributed by atoms with Gasteiger partial charge in [0.25, 0.3) is 5.69 Å². The van der Waals surface area contributed by atoms with Gasteiger partial charge in [0.1, 0.15) is 5.75 Å². The van der Waals surface area contributed by atoms with Crippen molar-refractivity contribution in [3.8, 4) is 5.75 Å². The van der Waals surface area contributed by atoms with Gasteiger partial charge in [-0.1, -0.05) is 29.3 Å². The number of piperidine rings is 1. The van der Waals surface area contributed by atoms with Gasteiger partial charge in [-0.15, -0.1) is 0 Å². The van der Waals surface area contributed by atoms with Crippen LogP contribution in [0, 0.1) is 16.0 Å². The molecule has 3 rings (SSSR count). The average molecular weight is 438 g/mol. The summed E-state index contributed by atoms with van der Waals surface area (Å²) in [6.07, 6.45) is 1.34. The molecule has 1 amide bonds. The molecule has 0 bridgehead atoms. The first-order valence-corrected chi connectivity index (χ1v) is 9.93. The van der Waals surface area contributed by atoms with E-state index in [0.29, 0.717) is 40.9 Å². The first kappa shape index (κ1) is 21.4. The number of carbonyl (C=O) groups is 1. The maximum Gasteiger partial charge on any atom is 0.271 e. The van der Waals surface area contributed by atoms with Crippen LogP contribution in [0.15, 0.2) is 36.4 Å². The second kappa shape index (κ2) is 9.43. The molecule has 1 heterocycles. The third-order valence-corrected chi connectivity index (χ3v) is 5.76. The van der Waals surface area contributed by atoms with Crippen molar-refractivity contribution in [3.05, 3.63) is 62.1 Å². The standard InChI is InChI=1S/C20H21Cl2N3O4/c1-29-19-6-5-14(25(27)28)11-18(19)23-20(26)13-7-9-24(10-8-13)12-15-16(21)3-2-4-17(15)22/h2-6,11,13H,7-10,12H2,1H3,(H,23,26). The van der Waals surface area contributed by atoms with Crippen LogP contribution in [0.2, 0.25) is 10.0 Å². The summed E-state index contributed by atoms with van der Waals surface area (Å²) in [6, 6.07) is 9.57. The number of nitro groups is 1. The van der Waals surface area contributed by atoms with Crippen LogP contribution in [0.1, 0.15) is 18.4 Å². The minimum Gasteiger partial charge on any atom is -0.495 e. The maximum absolute atomic E-state index is 12.7. The van der Waals surface area contributed by atoms with E-state index in [1.807, 2.05) is 18.2 Å². The second-order valence-corrected chi connectivity index (χ2v) is 7.70. The topological polar surface area (TPSA) is 84.7 Å². The lowest BCUT2D eigenvalue weighted by Crippen LogP contribution is -2.37. The number of ether oxygens (including phenoxy) is 1. The molecule has 0 atom stereocenters. The van der Waals surface area contributed by atoms with Gasteiger partial charge >= 0.3 is 0 Å². The largest absolute Gasteiger partial charge is 0.495 e. The Morgan fingerprint density at radius 3 is 2.48 bits per heavy atom. The van der Waals surface area contributed by atoms with Gasteiger partial charge < -0.3 is 10.1 Å². The molecule has 2 aromatic rings. The van der Waals surface area contributed by atoms with Crippen molar-refractivity contribution in [2.24, 2.45) is 5.92 Å². The number of non-ortho nitro benzene ring substituents is 1. The summed E-state index contributed by atoms with van der Waals surface area (Å²) in [4.78, 5) is 25.4. The molecule has 2 aromatic carbocycles. The van der Waals surface area contributed by atoms with Gasteiger partial charge in [-0.3, -0.25) is 19.8 Å². The molecule has 0 aliphatic carbocycles. The highest BCUT2D eigenvalue weighted by Gasteiger charge is 2.26. The summed E-state index contributed by atoms with van der Waals surface area (Å²) in [5, 5.41) is 15.1. The number of methoxy groups -OCH3 is 1. The third kappa shape index (κ3) is 5.18. The number of nitrogens with one attached hydrogen (secondary N) is 1. The number of nitrogens with zero attached hydrogens (tertiary/aromatic N) is 2. The van der Waals surface area contributed by atoms with Gasteiger partial charge in [0.2, 0.25) is 5.91 Å². The molecule has 0 aromatic heterocycles. The predicted octanol–water partition coefficient (Wildman–Crippen LogP) is 4.76. The van der Waals surface area contributed by atoms with Crippen LogP contribution in [0.5, 0.6) is 5.75 Å². The van der Waals surface area contributed by atoms with Crippen LogP contribution in [0.25, 0.3) is 0 Å². The highest BCUT2D eigenvalue weighted by Crippen LogP contribution is 2.31. The van der Waals surface area contributed by atoms with Crippen LogP contribution < -0.4 is 10.1 Å². The van der Waals surface area contributed by atoms with Crippen molar-refractivity contribution in [1.82, 2.24) is 4.90 Å². The van der Waals surface area contributed by atoms with Gasteiger partial charge in [-0.25, -0.2) is 0 Å². The number of hydrogen-bond donors (Lipinski definition) is 1. The molecule has 9 heteroatoms. The molecule has 1 fully saturated rings. The van der Waals surface area contributed by atoms with Crippen LogP contribution in [-0.2, 0) is 11.3 Å². The van der Waals surface area contributed by atoms with Crippen molar-refractivity contribution in [2.75, 3.05) is 25.5 Å². The number of benzene rings is 2. The summed E-state index contributed by atoms with van der Waals surface area (Å²) in [6.45, 7) is 2.09. The molecule has 0 saturated carbocycles. The minimum atomic E-state index is -0.507. The summed E-state index contributed by atoms with van der Waals surface area (Å²) < 4.78 is 5.20. The number of rotatable bonds is 6. The summed E-state index contributed by atoms with van der Waals surface area (Å²) in [5.74, 6) is 0.0332. The quantitative estimate of drug-likeness (QED) is 0.519. The Morgan fingerprint density at radius 1 is 1.24 bits per heavy atom. The van der Waals surface area contributed by atoms with E-state index in [-0.39, 0.29) is 17.5 Å². The lowest BCUT2D eigenvalue weighted by Gasteiger charge is -2.31. The zero-order valence-electron chi connectivity index (χ0n) is 15.9. The van der Waals surface area contributed by atoms with Gasteiger partial charge in [-0.2, -0.15) is 0 Å². The van der Waals surface area contributed by atoms with Gasteiger partial charge in [-0.05, 0) is 44.1 Å². The van der Waals surface area contributed by atoms with E-state index in [9.17, 15) is 14.9 Å². The number of amides is 1. The van der Waals surface area contributed by atoms with Crippen LogP contribution in [0.3, 0.4) is 0 Å². The highest BCUT2D eigenvalue weighted by atomic mass is 35.5. The Balaban J connectivity index is 1.61. The van der Waals surface area contributed by atoms with E-state index < -0.39 is 4.92 Å². The SMILES string of the molecule is COc1ccc([N+](=O)[O-])cc1NC(=O)C1CCN(Cc2c(Cl)cccc2Cl)CC1. The number of nitro benzene ring substituents is 1. The fourth-order valence-electron chi connectivity index (χ4n) is 3.40. The van der Waals surface area contributed by atoms with Gasteiger partial charge in [0, 0.05) is 40.2 Å². The van der Waals surface area contributed by atoms with Crippen molar-refractivity contribution in [2.45, 2.75) is 19.4 Å². The zero-order chi connectivity index (χ0) is 21.0. The number of carbonyl (C=O) groups excluding carboxylic acids is 1. The molecule has 154 valence electrons. The van der Waals surface area contributed by atoms with Crippen molar-refractivity contribution in [3.63, 3.8) is 0 Å². The maximum atomic E-state index is 12.7. The normalized spacial score (nSPS) is 15.1. The predicted molar refractivity (Wildman–Crippen MR) is 113 cm³/mol. The monoisotopic (exact) mass is 437 g/mol. The zero-order valence-corrected chi connectivity index (χ0v) is 17.4. The Hall–Kier alpha value is -2.35. The molecule has 7 nitrogen and oxygen atoms in total. The molecule has 0 radical (unpaired) electrons. The van der Waals surface area contributed by atoms with Crippen LogP contribution >= 0.6 is 23.2 Å². The fourth-order valence-corrected chi connectivity index (χ4v) is 3.92. The molecule has 1 saturated heterocycles. The second-order valence-electron chi connectivity index (χ2n) is 6.88. The molecule has 1 N–H and O–H groups in total. The first-order valence-electron chi connectivity index (χ1n) is 9.17. The molecule has 0 unspecified atom stereocenters. The van der Waals surface area contributed by atoms with Gasteiger partial charge in [0.05, 0.1) is 17.7 Å².